The summed E-state index contributed by atoms with van der Waals surface area (Å²) in [7, 11) is 0. The first-order valence-corrected chi connectivity index (χ1v) is 12.2. The monoisotopic (exact) mass is 428 g/mol. The van der Waals surface area contributed by atoms with Crippen molar-refractivity contribution in [3.8, 4) is 5.75 Å². The zero-order valence-electron chi connectivity index (χ0n) is 18.5. The van der Waals surface area contributed by atoms with Gasteiger partial charge >= 0.3 is 0 Å². The van der Waals surface area contributed by atoms with E-state index in [1.807, 2.05) is 6.20 Å². The van der Waals surface area contributed by atoms with Crippen molar-refractivity contribution in [1.29, 1.82) is 0 Å². The molecule has 0 radical (unpaired) electrons. The molecule has 0 unspecified atom stereocenters. The van der Waals surface area contributed by atoms with E-state index in [1.54, 1.807) is 0 Å². The highest BCUT2D eigenvalue weighted by Crippen LogP contribution is 2.35. The Kier molecular flexibility index (Phi) is 6.06. The number of piperazine rings is 1. The van der Waals surface area contributed by atoms with Crippen LogP contribution in [0.15, 0.2) is 12.3 Å². The normalized spacial score (nSPS) is 27.8. The highest BCUT2D eigenvalue weighted by Gasteiger charge is 2.42. The first-order chi connectivity index (χ1) is 15.1. The van der Waals surface area contributed by atoms with Crippen LogP contribution >= 0.6 is 0 Å². The van der Waals surface area contributed by atoms with Gasteiger partial charge in [0.15, 0.2) is 11.6 Å². The van der Waals surface area contributed by atoms with Crippen molar-refractivity contribution in [2.45, 2.75) is 69.4 Å². The Bertz CT molecular complexity index is 781. The lowest BCUT2D eigenvalue weighted by molar-refractivity contribution is -0.149. The maximum Gasteiger partial charge on any atom is 0.252 e. The summed E-state index contributed by atoms with van der Waals surface area (Å²) < 4.78 is 5.84. The number of rotatable bonds is 6. The van der Waals surface area contributed by atoms with Gasteiger partial charge in [-0.25, -0.2) is 4.98 Å². The smallest absolute Gasteiger partial charge is 0.252 e. The molecule has 5 rings (SSSR count). The third kappa shape index (κ3) is 4.53. The molecule has 7 heteroatoms. The van der Waals surface area contributed by atoms with Gasteiger partial charge in [-0.3, -0.25) is 9.69 Å². The van der Waals surface area contributed by atoms with Crippen LogP contribution in [-0.2, 0) is 11.2 Å². The molecule has 3 fully saturated rings. The maximum atomic E-state index is 12.2. The van der Waals surface area contributed by atoms with Gasteiger partial charge in [0.2, 0.25) is 0 Å². The summed E-state index contributed by atoms with van der Waals surface area (Å²) in [5.74, 6) is 2.65. The molecule has 2 saturated carbocycles. The fourth-order valence-corrected chi connectivity index (χ4v) is 5.52. The fourth-order valence-electron chi connectivity index (χ4n) is 5.52. The van der Waals surface area contributed by atoms with Crippen molar-refractivity contribution in [3.63, 3.8) is 0 Å². The van der Waals surface area contributed by atoms with Crippen LogP contribution in [-0.4, -0.2) is 71.9 Å². The summed E-state index contributed by atoms with van der Waals surface area (Å²) in [6.07, 6.45) is 10.8. The van der Waals surface area contributed by atoms with Crippen molar-refractivity contribution in [1.82, 2.24) is 15.2 Å². The highest BCUT2D eigenvalue weighted by atomic mass is 16.5. The summed E-state index contributed by atoms with van der Waals surface area (Å²) >= 11 is 0. The molecule has 170 valence electrons. The third-order valence-corrected chi connectivity index (χ3v) is 7.90. The molecule has 2 N–H and O–H groups in total. The molecule has 1 aromatic heterocycles. The van der Waals surface area contributed by atoms with Gasteiger partial charge in [-0.1, -0.05) is 0 Å². The van der Waals surface area contributed by atoms with Crippen molar-refractivity contribution >= 4 is 11.7 Å². The van der Waals surface area contributed by atoms with Gasteiger partial charge in [0.1, 0.15) is 5.60 Å². The van der Waals surface area contributed by atoms with Gasteiger partial charge < -0.3 is 20.1 Å². The summed E-state index contributed by atoms with van der Waals surface area (Å²) in [4.78, 5) is 21.8. The van der Waals surface area contributed by atoms with E-state index in [0.29, 0.717) is 12.8 Å². The third-order valence-electron chi connectivity index (χ3n) is 7.90. The maximum absolute atomic E-state index is 12.2. The molecule has 1 saturated heterocycles. The largest absolute Gasteiger partial charge is 0.489 e. The Balaban J connectivity index is 1.02. The lowest BCUT2D eigenvalue weighted by Crippen LogP contribution is -2.54. The number of fused-ring (bicyclic) bond motifs is 1. The van der Waals surface area contributed by atoms with Crippen LogP contribution in [0.2, 0.25) is 0 Å². The van der Waals surface area contributed by atoms with Crippen LogP contribution in [0.1, 0.15) is 56.9 Å². The van der Waals surface area contributed by atoms with Crippen LogP contribution in [0.4, 0.5) is 5.82 Å². The predicted molar refractivity (Wildman–Crippen MR) is 119 cm³/mol. The number of nitrogens with zero attached hydrogens (tertiary/aromatic N) is 3. The van der Waals surface area contributed by atoms with Crippen LogP contribution in [0.5, 0.6) is 5.75 Å². The number of anilines is 1. The SMILES string of the molecule is O=C(NC1CCC(CCN2CCN(c3nccc4c3OCC4)CC2)CC1)C1(O)CCC1. The molecular weight excluding hydrogens is 392 g/mol. The quantitative estimate of drug-likeness (QED) is 0.723. The Morgan fingerprint density at radius 2 is 1.97 bits per heavy atom. The Morgan fingerprint density at radius 1 is 1.19 bits per heavy atom. The molecule has 31 heavy (non-hydrogen) atoms. The second-order valence-electron chi connectivity index (χ2n) is 9.91. The number of nitrogens with one attached hydrogen (secondary N) is 1. The number of carbonyl (C=O) groups excluding carboxylic acids is 1. The topological polar surface area (TPSA) is 77.9 Å². The first kappa shape index (κ1) is 21.0. The van der Waals surface area contributed by atoms with Gasteiger partial charge in [0.25, 0.3) is 5.91 Å². The minimum Gasteiger partial charge on any atom is -0.489 e. The number of hydrogen-bond acceptors (Lipinski definition) is 6. The number of aliphatic hydroxyl groups is 1. The molecular formula is C24H36N4O3. The van der Waals surface area contributed by atoms with E-state index in [0.717, 1.165) is 82.5 Å². The van der Waals surface area contributed by atoms with Gasteiger partial charge in [-0.15, -0.1) is 0 Å². The molecule has 1 aromatic rings. The van der Waals surface area contributed by atoms with Gasteiger partial charge in [0.05, 0.1) is 6.61 Å². The summed E-state index contributed by atoms with van der Waals surface area (Å²) in [5, 5.41) is 13.3. The van der Waals surface area contributed by atoms with E-state index in [1.165, 1.54) is 24.8 Å². The molecule has 0 bridgehead atoms. The molecule has 2 aliphatic heterocycles. The van der Waals surface area contributed by atoms with Crippen LogP contribution in [0, 0.1) is 5.92 Å². The predicted octanol–water partition coefficient (Wildman–Crippen LogP) is 2.12. The van der Waals surface area contributed by atoms with E-state index in [9.17, 15) is 9.90 Å². The minimum absolute atomic E-state index is 0.135. The number of ether oxygens (including phenoxy) is 1. The minimum atomic E-state index is -1.07. The van der Waals surface area contributed by atoms with Crippen molar-refractivity contribution in [2.75, 3.05) is 44.2 Å². The second-order valence-corrected chi connectivity index (χ2v) is 9.91. The molecule has 7 nitrogen and oxygen atoms in total. The van der Waals surface area contributed by atoms with Crippen LogP contribution < -0.4 is 15.0 Å². The molecule has 4 aliphatic rings. The average Bonchev–Trinajstić information content (AvgIpc) is 3.26. The van der Waals surface area contributed by atoms with Gasteiger partial charge in [0, 0.05) is 50.4 Å². The second kappa shape index (κ2) is 8.94. The van der Waals surface area contributed by atoms with Gasteiger partial charge in [-0.2, -0.15) is 0 Å². The Morgan fingerprint density at radius 3 is 2.68 bits per heavy atom. The zero-order valence-corrected chi connectivity index (χ0v) is 18.5. The zero-order chi connectivity index (χ0) is 21.3. The summed E-state index contributed by atoms with van der Waals surface area (Å²) in [6, 6.07) is 2.33. The van der Waals surface area contributed by atoms with E-state index >= 15 is 0 Å². The first-order valence-electron chi connectivity index (χ1n) is 12.2. The summed E-state index contributed by atoms with van der Waals surface area (Å²) in [6.45, 7) is 6.11. The molecule has 0 spiro atoms. The fraction of sp³-hybridized carbons (Fsp3) is 0.750. The van der Waals surface area contributed by atoms with Crippen molar-refractivity contribution in [3.05, 3.63) is 17.8 Å². The number of carbonyl (C=O) groups is 1. The van der Waals surface area contributed by atoms with Crippen LogP contribution in [0.25, 0.3) is 0 Å². The molecule has 2 aliphatic carbocycles. The molecule has 0 aromatic carbocycles. The van der Waals surface area contributed by atoms with E-state index in [2.05, 4.69) is 26.2 Å². The molecule has 3 heterocycles. The van der Waals surface area contributed by atoms with E-state index in [4.69, 9.17) is 4.74 Å². The standard InChI is InChI=1S/C24H36N4O3/c29-23(24(30)9-1-10-24)26-20-4-2-18(3-5-20)7-12-27-13-15-28(16-14-27)22-21-19(6-11-25-22)8-17-31-21/h6,11,18,20,30H,1-5,7-10,12-17H2,(H,26,29). The highest BCUT2D eigenvalue weighted by molar-refractivity contribution is 5.86. The molecule has 1 amide bonds. The number of pyridine rings is 1. The Hall–Kier alpha value is -1.86. The number of hydrogen-bond donors (Lipinski definition) is 2. The lowest BCUT2D eigenvalue weighted by Gasteiger charge is -2.38. The lowest BCUT2D eigenvalue weighted by atomic mass is 9.78. The van der Waals surface area contributed by atoms with E-state index in [-0.39, 0.29) is 11.9 Å². The number of aromatic nitrogens is 1. The Labute approximate surface area is 185 Å². The van der Waals surface area contributed by atoms with Crippen molar-refractivity contribution in [2.24, 2.45) is 5.92 Å². The molecule has 0 atom stereocenters. The van der Waals surface area contributed by atoms with Crippen LogP contribution in [0.3, 0.4) is 0 Å². The summed E-state index contributed by atoms with van der Waals surface area (Å²) in [5.41, 5.74) is 0.224. The number of amides is 1. The average molecular weight is 429 g/mol. The van der Waals surface area contributed by atoms with Gasteiger partial charge in [-0.05, 0) is 69.9 Å². The van der Waals surface area contributed by atoms with E-state index < -0.39 is 5.60 Å². The van der Waals surface area contributed by atoms with Crippen molar-refractivity contribution < 1.29 is 14.6 Å².